The van der Waals surface area contributed by atoms with Gasteiger partial charge >= 0.3 is 0 Å². The summed E-state index contributed by atoms with van der Waals surface area (Å²) >= 11 is 0. The molecule has 1 amide bonds. The fourth-order valence-corrected chi connectivity index (χ4v) is 6.13. The minimum atomic E-state index is -0.250. The number of aliphatic hydroxyl groups is 1. The second-order valence-corrected chi connectivity index (χ2v) is 9.42. The summed E-state index contributed by atoms with van der Waals surface area (Å²) in [7, 11) is 1.71. The first kappa shape index (κ1) is 24.3. The van der Waals surface area contributed by atoms with Gasteiger partial charge in [0.25, 0.3) is 12.4 Å². The van der Waals surface area contributed by atoms with Crippen LogP contribution in [0.15, 0.2) is 40.8 Å². The zero-order valence-corrected chi connectivity index (χ0v) is 19.6. The maximum absolute atomic E-state index is 13.2. The number of piperidine rings is 3. The molecule has 2 bridgehead atoms. The van der Waals surface area contributed by atoms with Crippen LogP contribution in [0.4, 0.5) is 0 Å². The number of carbonyl (C=O) groups is 2. The molecule has 4 heterocycles. The normalized spacial score (nSPS) is 26.1. The van der Waals surface area contributed by atoms with Crippen LogP contribution in [0.3, 0.4) is 0 Å². The summed E-state index contributed by atoms with van der Waals surface area (Å²) < 4.78 is 11.0. The van der Waals surface area contributed by atoms with Crippen LogP contribution in [0.2, 0.25) is 0 Å². The summed E-state index contributed by atoms with van der Waals surface area (Å²) in [6.07, 6.45) is 5.95. The highest BCUT2D eigenvalue weighted by Gasteiger charge is 2.48. The molecular weight excluding hydrogens is 436 g/mol. The lowest BCUT2D eigenvalue weighted by Crippen LogP contribution is -2.64. The van der Waals surface area contributed by atoms with Crippen LogP contribution in [0.5, 0.6) is 5.75 Å². The number of fused-ring (bicyclic) bond motifs is 4. The number of likely N-dealkylation sites (tertiary alicyclic amines) is 1. The molecule has 34 heavy (non-hydrogen) atoms. The first-order valence-electron chi connectivity index (χ1n) is 12.0. The molecule has 0 aliphatic carbocycles. The first-order chi connectivity index (χ1) is 16.6. The second-order valence-electron chi connectivity index (χ2n) is 9.42. The van der Waals surface area contributed by atoms with E-state index < -0.39 is 0 Å². The maximum Gasteiger partial charge on any atom is 0.290 e. The molecule has 0 radical (unpaired) electrons. The van der Waals surface area contributed by atoms with Crippen LogP contribution in [0.1, 0.15) is 47.6 Å². The SMILES string of the molecule is COc1cccc(C[C@H]2[C@H]3C[C@H](CN(C(=O)c4ccc(CO)o4)C3)[C@@H]3CCCCN32)c1.O=CO. The fraction of sp³-hybridized carbons (Fsp3) is 0.538. The predicted octanol–water partition coefficient (Wildman–Crippen LogP) is 3.04. The van der Waals surface area contributed by atoms with Crippen LogP contribution in [-0.4, -0.2) is 71.2 Å². The van der Waals surface area contributed by atoms with Crippen molar-refractivity contribution < 1.29 is 29.0 Å². The number of carboxylic acid groups (broad SMARTS) is 1. The third-order valence-electron chi connectivity index (χ3n) is 7.52. The minimum Gasteiger partial charge on any atom is -0.497 e. The van der Waals surface area contributed by atoms with Crippen molar-refractivity contribution in [3.63, 3.8) is 0 Å². The summed E-state index contributed by atoms with van der Waals surface area (Å²) in [6.45, 7) is 2.30. The van der Waals surface area contributed by atoms with E-state index >= 15 is 0 Å². The van der Waals surface area contributed by atoms with Crippen molar-refractivity contribution in [3.05, 3.63) is 53.5 Å². The molecule has 0 saturated carbocycles. The third-order valence-corrected chi connectivity index (χ3v) is 7.52. The number of hydrogen-bond acceptors (Lipinski definition) is 6. The number of amides is 1. The monoisotopic (exact) mass is 470 g/mol. The molecule has 0 unspecified atom stereocenters. The highest BCUT2D eigenvalue weighted by Crippen LogP contribution is 2.42. The Labute approximate surface area is 200 Å². The Kier molecular flexibility index (Phi) is 7.90. The molecule has 3 aliphatic rings. The number of hydrogen-bond donors (Lipinski definition) is 2. The Hall–Kier alpha value is -2.84. The van der Waals surface area contributed by atoms with Gasteiger partial charge in [0.15, 0.2) is 5.76 Å². The average Bonchev–Trinajstić information content (AvgIpc) is 3.36. The predicted molar refractivity (Wildman–Crippen MR) is 126 cm³/mol. The Morgan fingerprint density at radius 2 is 2.00 bits per heavy atom. The fourth-order valence-electron chi connectivity index (χ4n) is 6.13. The van der Waals surface area contributed by atoms with Crippen molar-refractivity contribution in [3.8, 4) is 5.75 Å². The Morgan fingerprint density at radius 3 is 2.74 bits per heavy atom. The summed E-state index contributed by atoms with van der Waals surface area (Å²) in [4.78, 5) is 26.3. The van der Waals surface area contributed by atoms with E-state index in [-0.39, 0.29) is 19.0 Å². The third kappa shape index (κ3) is 5.13. The van der Waals surface area contributed by atoms with E-state index in [1.807, 2.05) is 11.0 Å². The summed E-state index contributed by atoms with van der Waals surface area (Å²) in [5.74, 6) is 2.62. The number of aliphatic hydroxyl groups excluding tert-OH is 1. The van der Waals surface area contributed by atoms with Crippen molar-refractivity contribution in [2.24, 2.45) is 11.8 Å². The molecule has 8 nitrogen and oxygen atoms in total. The van der Waals surface area contributed by atoms with Gasteiger partial charge < -0.3 is 24.3 Å². The quantitative estimate of drug-likeness (QED) is 0.648. The molecule has 3 fully saturated rings. The molecule has 3 aliphatic heterocycles. The number of furan rings is 1. The largest absolute Gasteiger partial charge is 0.497 e. The van der Waals surface area contributed by atoms with Gasteiger partial charge in [-0.15, -0.1) is 0 Å². The number of benzene rings is 1. The van der Waals surface area contributed by atoms with E-state index in [9.17, 15) is 9.90 Å². The molecule has 8 heteroatoms. The van der Waals surface area contributed by atoms with Gasteiger partial charge in [0.2, 0.25) is 0 Å². The van der Waals surface area contributed by atoms with E-state index in [1.54, 1.807) is 19.2 Å². The minimum absolute atomic E-state index is 0.0428. The Bertz CT molecular complexity index is 976. The summed E-state index contributed by atoms with van der Waals surface area (Å²) in [5, 5.41) is 16.2. The molecule has 3 saturated heterocycles. The maximum atomic E-state index is 13.2. The van der Waals surface area contributed by atoms with Gasteiger partial charge in [0.1, 0.15) is 18.1 Å². The number of rotatable bonds is 5. The average molecular weight is 471 g/mol. The molecule has 2 aromatic rings. The van der Waals surface area contributed by atoms with Crippen LogP contribution in [-0.2, 0) is 17.8 Å². The highest BCUT2D eigenvalue weighted by atomic mass is 16.5. The van der Waals surface area contributed by atoms with E-state index in [4.69, 9.17) is 19.1 Å². The molecular formula is C26H34N2O6. The zero-order chi connectivity index (χ0) is 24.1. The molecule has 1 aromatic carbocycles. The lowest BCUT2D eigenvalue weighted by atomic mass is 9.71. The van der Waals surface area contributed by atoms with E-state index in [2.05, 4.69) is 23.1 Å². The smallest absolute Gasteiger partial charge is 0.290 e. The van der Waals surface area contributed by atoms with E-state index in [0.717, 1.165) is 31.8 Å². The number of methoxy groups -OCH3 is 1. The number of ether oxygens (including phenoxy) is 1. The molecule has 1 aromatic heterocycles. The van der Waals surface area contributed by atoms with Crippen molar-refractivity contribution in [2.45, 2.75) is 50.8 Å². The van der Waals surface area contributed by atoms with Gasteiger partial charge in [0.05, 0.1) is 7.11 Å². The van der Waals surface area contributed by atoms with Gasteiger partial charge in [-0.1, -0.05) is 18.6 Å². The van der Waals surface area contributed by atoms with Gasteiger partial charge in [-0.2, -0.15) is 0 Å². The summed E-state index contributed by atoms with van der Waals surface area (Å²) in [6, 6.07) is 12.8. The highest BCUT2D eigenvalue weighted by molar-refractivity contribution is 5.91. The summed E-state index contributed by atoms with van der Waals surface area (Å²) in [5.41, 5.74) is 1.30. The van der Waals surface area contributed by atoms with Gasteiger partial charge in [0, 0.05) is 25.2 Å². The van der Waals surface area contributed by atoms with Crippen molar-refractivity contribution in [1.82, 2.24) is 9.80 Å². The van der Waals surface area contributed by atoms with Crippen molar-refractivity contribution >= 4 is 12.4 Å². The Balaban J connectivity index is 0.000000868. The van der Waals surface area contributed by atoms with Crippen LogP contribution in [0.25, 0.3) is 0 Å². The van der Waals surface area contributed by atoms with Crippen molar-refractivity contribution in [2.75, 3.05) is 26.7 Å². The number of carbonyl (C=O) groups excluding carboxylic acids is 1. The molecule has 184 valence electrons. The van der Waals surface area contributed by atoms with Crippen LogP contribution >= 0.6 is 0 Å². The van der Waals surface area contributed by atoms with Gasteiger partial charge in [-0.25, -0.2) is 0 Å². The van der Waals surface area contributed by atoms with Crippen LogP contribution < -0.4 is 4.74 Å². The van der Waals surface area contributed by atoms with E-state index in [1.165, 1.54) is 31.2 Å². The van der Waals surface area contributed by atoms with Crippen LogP contribution in [0, 0.1) is 11.8 Å². The lowest BCUT2D eigenvalue weighted by Gasteiger charge is -2.56. The molecule has 4 atom stereocenters. The second kappa shape index (κ2) is 11.1. The first-order valence-corrected chi connectivity index (χ1v) is 12.0. The molecule has 0 spiro atoms. The topological polar surface area (TPSA) is 103 Å². The molecule has 2 N–H and O–H groups in total. The van der Waals surface area contributed by atoms with E-state index in [0.29, 0.717) is 35.4 Å². The van der Waals surface area contributed by atoms with Crippen molar-refractivity contribution in [1.29, 1.82) is 0 Å². The standard InChI is InChI=1S/C25H32N2O4.CH2O2/c1-30-20-6-4-5-17(11-20)12-23-19-13-18(22-7-2-3-10-27(22)23)14-26(15-19)25(29)24-9-8-21(16-28)31-24;2-1-3/h4-6,8-9,11,18-19,22-23,28H,2-3,7,10,12-16H2,1H3;1H,(H,2,3)/t18-,19+,22+,23+;/m1./s1. The zero-order valence-electron chi connectivity index (χ0n) is 19.6. The molecule has 5 rings (SSSR count). The number of nitrogens with zero attached hydrogens (tertiary/aromatic N) is 2. The lowest BCUT2D eigenvalue weighted by molar-refractivity contribution is -0.122. The Morgan fingerprint density at radius 1 is 1.21 bits per heavy atom. The van der Waals surface area contributed by atoms with Gasteiger partial charge in [-0.3, -0.25) is 14.5 Å². The van der Waals surface area contributed by atoms with Gasteiger partial charge in [-0.05, 0) is 73.9 Å².